The number of rotatable bonds is 4. The number of hydrogen-bond donors (Lipinski definition) is 1. The second kappa shape index (κ2) is 7.57. The van der Waals surface area contributed by atoms with E-state index in [1.54, 1.807) is 6.20 Å². The van der Waals surface area contributed by atoms with Crippen LogP contribution in [-0.2, 0) is 4.74 Å². The fourth-order valence-corrected chi connectivity index (χ4v) is 4.85. The van der Waals surface area contributed by atoms with Gasteiger partial charge in [-0.25, -0.2) is 9.97 Å². The lowest BCUT2D eigenvalue weighted by Crippen LogP contribution is -2.20. The monoisotopic (exact) mass is 437 g/mol. The van der Waals surface area contributed by atoms with Crippen LogP contribution in [0.25, 0.3) is 16.7 Å². The van der Waals surface area contributed by atoms with Crippen molar-refractivity contribution in [1.29, 1.82) is 5.26 Å². The van der Waals surface area contributed by atoms with Crippen LogP contribution in [0.2, 0.25) is 0 Å². The molecule has 0 bridgehead atoms. The molecule has 0 aliphatic carbocycles. The quantitative estimate of drug-likeness (QED) is 0.516. The number of nitrogens with zero attached hydrogens (tertiary/aromatic N) is 6. The molecular formula is C25H23N7O. The number of ether oxygens (including phenoxy) is 1. The maximum absolute atomic E-state index is 9.43. The van der Waals surface area contributed by atoms with E-state index in [-0.39, 0.29) is 6.04 Å². The van der Waals surface area contributed by atoms with Crippen LogP contribution in [0.15, 0.2) is 54.6 Å². The van der Waals surface area contributed by atoms with Gasteiger partial charge in [-0.15, -0.1) is 0 Å². The van der Waals surface area contributed by atoms with Crippen molar-refractivity contribution in [2.45, 2.75) is 19.9 Å². The SMILES string of the molecule is Cc1c(C#N)cccc1C(C)Nc1nc2nccn2c2cnc(N3C=C4COCC4C3)cc12. The Morgan fingerprint density at radius 2 is 2.21 bits per heavy atom. The minimum atomic E-state index is -0.0477. The van der Waals surface area contributed by atoms with E-state index in [1.807, 2.05) is 41.9 Å². The topological polar surface area (TPSA) is 91.4 Å². The Morgan fingerprint density at radius 3 is 3.06 bits per heavy atom. The van der Waals surface area contributed by atoms with Gasteiger partial charge in [-0.1, -0.05) is 12.1 Å². The summed E-state index contributed by atoms with van der Waals surface area (Å²) in [6, 6.07) is 10.1. The maximum Gasteiger partial charge on any atom is 0.236 e. The smallest absolute Gasteiger partial charge is 0.236 e. The molecule has 2 unspecified atom stereocenters. The molecule has 2 atom stereocenters. The number of nitriles is 1. The second-order valence-corrected chi connectivity index (χ2v) is 8.68. The predicted molar refractivity (Wildman–Crippen MR) is 126 cm³/mol. The number of pyridine rings is 1. The van der Waals surface area contributed by atoms with Gasteiger partial charge in [0.1, 0.15) is 11.6 Å². The van der Waals surface area contributed by atoms with E-state index in [1.165, 1.54) is 5.57 Å². The van der Waals surface area contributed by atoms with E-state index < -0.39 is 0 Å². The number of aromatic nitrogens is 4. The lowest BCUT2D eigenvalue weighted by molar-refractivity contribution is 0.188. The molecule has 2 aliphatic heterocycles. The summed E-state index contributed by atoms with van der Waals surface area (Å²) in [6.07, 6.45) is 7.71. The van der Waals surface area contributed by atoms with Gasteiger partial charge in [0.25, 0.3) is 0 Å². The van der Waals surface area contributed by atoms with Gasteiger partial charge in [0, 0.05) is 36.4 Å². The molecule has 5 heterocycles. The molecule has 0 amide bonds. The van der Waals surface area contributed by atoms with Gasteiger partial charge in [-0.05, 0) is 42.7 Å². The van der Waals surface area contributed by atoms with Gasteiger partial charge in [-0.2, -0.15) is 10.2 Å². The van der Waals surface area contributed by atoms with Crippen LogP contribution in [0.4, 0.5) is 11.6 Å². The molecule has 0 saturated carbocycles. The normalized spacial score (nSPS) is 18.4. The molecule has 6 rings (SSSR count). The Bertz CT molecular complexity index is 1470. The third-order valence-corrected chi connectivity index (χ3v) is 6.68. The first-order valence-corrected chi connectivity index (χ1v) is 11.1. The molecule has 3 aromatic heterocycles. The summed E-state index contributed by atoms with van der Waals surface area (Å²) >= 11 is 0. The highest BCUT2D eigenvalue weighted by Crippen LogP contribution is 2.34. The molecule has 4 aromatic rings. The van der Waals surface area contributed by atoms with Crippen molar-refractivity contribution in [1.82, 2.24) is 19.4 Å². The molecular weight excluding hydrogens is 414 g/mol. The highest BCUT2D eigenvalue weighted by Gasteiger charge is 2.30. The van der Waals surface area contributed by atoms with E-state index >= 15 is 0 Å². The Hall–Kier alpha value is -3.96. The zero-order valence-corrected chi connectivity index (χ0v) is 18.5. The lowest BCUT2D eigenvalue weighted by atomic mass is 9.98. The van der Waals surface area contributed by atoms with Crippen LogP contribution >= 0.6 is 0 Å². The fourth-order valence-electron chi connectivity index (χ4n) is 4.85. The molecule has 1 N–H and O–H groups in total. The highest BCUT2D eigenvalue weighted by molar-refractivity contribution is 5.92. The minimum Gasteiger partial charge on any atom is -0.376 e. The maximum atomic E-state index is 9.43. The zero-order chi connectivity index (χ0) is 22.5. The van der Waals surface area contributed by atoms with E-state index in [2.05, 4.69) is 40.5 Å². The van der Waals surface area contributed by atoms with E-state index in [9.17, 15) is 5.26 Å². The number of nitrogens with one attached hydrogen (secondary N) is 1. The number of benzene rings is 1. The van der Waals surface area contributed by atoms with Crippen LogP contribution < -0.4 is 10.2 Å². The summed E-state index contributed by atoms with van der Waals surface area (Å²) in [7, 11) is 0. The Balaban J connectivity index is 1.43. The van der Waals surface area contributed by atoms with Crippen LogP contribution in [-0.4, -0.2) is 39.1 Å². The van der Waals surface area contributed by atoms with Crippen molar-refractivity contribution in [2.24, 2.45) is 5.92 Å². The molecule has 0 spiro atoms. The number of fused-ring (bicyclic) bond motifs is 4. The van der Waals surface area contributed by atoms with Crippen molar-refractivity contribution in [3.8, 4) is 6.07 Å². The summed E-state index contributed by atoms with van der Waals surface area (Å²) in [6.45, 7) is 6.43. The van der Waals surface area contributed by atoms with Crippen LogP contribution in [0.1, 0.15) is 29.7 Å². The van der Waals surface area contributed by atoms with Crippen LogP contribution in [0.3, 0.4) is 0 Å². The molecule has 33 heavy (non-hydrogen) atoms. The fraction of sp³-hybridized carbons (Fsp3) is 0.280. The van der Waals surface area contributed by atoms with Gasteiger partial charge < -0.3 is 15.0 Å². The molecule has 8 nitrogen and oxygen atoms in total. The van der Waals surface area contributed by atoms with E-state index in [0.717, 1.165) is 46.8 Å². The summed E-state index contributed by atoms with van der Waals surface area (Å²) in [5.74, 6) is 2.70. The minimum absolute atomic E-state index is 0.0477. The average Bonchev–Trinajstić information content (AvgIpc) is 3.55. The first-order valence-electron chi connectivity index (χ1n) is 11.1. The van der Waals surface area contributed by atoms with Crippen molar-refractivity contribution < 1.29 is 4.74 Å². The summed E-state index contributed by atoms with van der Waals surface area (Å²) in [4.78, 5) is 16.2. The zero-order valence-electron chi connectivity index (χ0n) is 18.5. The molecule has 164 valence electrons. The molecule has 1 fully saturated rings. The van der Waals surface area contributed by atoms with E-state index in [4.69, 9.17) is 14.7 Å². The number of imidazole rings is 1. The van der Waals surface area contributed by atoms with Gasteiger partial charge >= 0.3 is 0 Å². The van der Waals surface area contributed by atoms with Gasteiger partial charge in [0.2, 0.25) is 5.78 Å². The molecule has 2 aliphatic rings. The molecule has 8 heteroatoms. The summed E-state index contributed by atoms with van der Waals surface area (Å²) in [5.41, 5.74) is 5.00. The van der Waals surface area contributed by atoms with Crippen LogP contribution in [0.5, 0.6) is 0 Å². The van der Waals surface area contributed by atoms with Gasteiger partial charge in [-0.3, -0.25) is 4.40 Å². The standard InChI is InChI=1S/C25H23N7O/c1-15-17(9-26)4-3-5-20(15)16(2)29-24-21-8-23(31-11-18-13-33-14-19(18)12-31)28-10-22(21)32-7-6-27-25(32)30-24/h3-8,10-11,16,19H,12-14H2,1-2H3,(H,27,29,30). The van der Waals surface area contributed by atoms with Crippen molar-refractivity contribution >= 4 is 28.3 Å². The van der Waals surface area contributed by atoms with Crippen molar-refractivity contribution in [3.05, 3.63) is 71.3 Å². The molecule has 0 radical (unpaired) electrons. The Labute approximate surface area is 191 Å². The highest BCUT2D eigenvalue weighted by atomic mass is 16.5. The summed E-state index contributed by atoms with van der Waals surface area (Å²) < 4.78 is 7.52. The Kier molecular flexibility index (Phi) is 4.52. The summed E-state index contributed by atoms with van der Waals surface area (Å²) in [5, 5.41) is 14.0. The van der Waals surface area contributed by atoms with Gasteiger partial charge in [0.05, 0.1) is 42.6 Å². The third-order valence-electron chi connectivity index (χ3n) is 6.68. The Morgan fingerprint density at radius 1 is 1.30 bits per heavy atom. The van der Waals surface area contributed by atoms with Gasteiger partial charge in [0.15, 0.2) is 0 Å². The predicted octanol–water partition coefficient (Wildman–Crippen LogP) is 3.98. The third kappa shape index (κ3) is 3.20. The molecule has 1 aromatic carbocycles. The molecule has 1 saturated heterocycles. The largest absolute Gasteiger partial charge is 0.376 e. The first kappa shape index (κ1) is 19.7. The number of anilines is 2. The first-order chi connectivity index (χ1) is 16.1. The second-order valence-electron chi connectivity index (χ2n) is 8.68. The van der Waals surface area contributed by atoms with Crippen molar-refractivity contribution in [2.75, 3.05) is 30.0 Å². The number of hydrogen-bond acceptors (Lipinski definition) is 7. The lowest BCUT2D eigenvalue weighted by Gasteiger charge is -2.21. The van der Waals surface area contributed by atoms with E-state index in [0.29, 0.717) is 23.9 Å². The average molecular weight is 438 g/mol. The van der Waals surface area contributed by atoms with Crippen LogP contribution in [0, 0.1) is 24.2 Å². The van der Waals surface area contributed by atoms with Crippen molar-refractivity contribution in [3.63, 3.8) is 0 Å².